The highest BCUT2D eigenvalue weighted by Crippen LogP contribution is 2.24. The average Bonchev–Trinajstić information content (AvgIpc) is 2.38. The summed E-state index contributed by atoms with van der Waals surface area (Å²) >= 11 is 5.93. The summed E-state index contributed by atoms with van der Waals surface area (Å²) in [5.41, 5.74) is 2.42. The highest BCUT2D eigenvalue weighted by atomic mass is 35.5. The third-order valence-electron chi connectivity index (χ3n) is 3.07. The fourth-order valence-corrected chi connectivity index (χ4v) is 2.31. The molecule has 2 nitrogen and oxygen atoms in total. The topological polar surface area (TPSA) is 16.1 Å². The van der Waals surface area contributed by atoms with E-state index in [4.69, 9.17) is 11.6 Å². The van der Waals surface area contributed by atoms with E-state index in [1.165, 1.54) is 11.1 Å². The Labute approximate surface area is 111 Å². The maximum Gasteiger partial charge on any atom is 0.129 e. The summed E-state index contributed by atoms with van der Waals surface area (Å²) in [6.45, 7) is 0.965. The van der Waals surface area contributed by atoms with Gasteiger partial charge in [-0.1, -0.05) is 35.9 Å². The lowest BCUT2D eigenvalue weighted by atomic mass is 10.0. The molecule has 0 fully saturated rings. The van der Waals surface area contributed by atoms with Crippen molar-refractivity contribution in [2.45, 2.75) is 0 Å². The lowest BCUT2D eigenvalue weighted by Crippen LogP contribution is -2.13. The molecule has 0 bridgehead atoms. The first-order chi connectivity index (χ1) is 8.72. The number of fused-ring (bicyclic) bond motifs is 1. The minimum absolute atomic E-state index is 0.532. The number of likely N-dealkylation sites (N-methyl/N-ethyl adjacent to an activating group) is 1. The summed E-state index contributed by atoms with van der Waals surface area (Å²) < 4.78 is 0. The van der Waals surface area contributed by atoms with Crippen molar-refractivity contribution in [3.8, 4) is 0 Å². The van der Waals surface area contributed by atoms with Crippen LogP contribution >= 0.6 is 11.6 Å². The van der Waals surface area contributed by atoms with Crippen LogP contribution in [0.4, 0.5) is 0 Å². The lowest BCUT2D eigenvalue weighted by molar-refractivity contribution is 0.507. The highest BCUT2D eigenvalue weighted by Gasteiger charge is 2.05. The van der Waals surface area contributed by atoms with Crippen LogP contribution in [-0.4, -0.2) is 23.5 Å². The molecule has 0 aliphatic carbocycles. The summed E-state index contributed by atoms with van der Waals surface area (Å²) in [6, 6.07) is 8.25. The van der Waals surface area contributed by atoms with Gasteiger partial charge in [-0.05, 0) is 28.7 Å². The Hall–Kier alpha value is -1.80. The second-order valence-corrected chi connectivity index (χ2v) is 4.88. The summed E-state index contributed by atoms with van der Waals surface area (Å²) in [5, 5.41) is 2.76. The molecule has 0 saturated carbocycles. The zero-order chi connectivity index (χ0) is 12.5. The van der Waals surface area contributed by atoms with Crippen molar-refractivity contribution in [3.63, 3.8) is 0 Å². The van der Waals surface area contributed by atoms with Gasteiger partial charge in [0.15, 0.2) is 0 Å². The number of rotatable bonds is 1. The van der Waals surface area contributed by atoms with Crippen molar-refractivity contribution in [2.24, 2.45) is 0 Å². The van der Waals surface area contributed by atoms with Gasteiger partial charge in [0.1, 0.15) is 5.15 Å². The molecule has 90 valence electrons. The Kier molecular flexibility index (Phi) is 2.80. The third-order valence-corrected chi connectivity index (χ3v) is 3.28. The zero-order valence-corrected chi connectivity index (χ0v) is 10.9. The molecular weight excluding hydrogens is 244 g/mol. The monoisotopic (exact) mass is 256 g/mol. The molecule has 0 amide bonds. The maximum absolute atomic E-state index is 5.93. The van der Waals surface area contributed by atoms with Gasteiger partial charge in [0.25, 0.3) is 0 Å². The van der Waals surface area contributed by atoms with Gasteiger partial charge < -0.3 is 4.90 Å². The molecule has 3 rings (SSSR count). The summed E-state index contributed by atoms with van der Waals surface area (Å²) in [6.07, 6.45) is 8.28. The Morgan fingerprint density at radius 3 is 2.94 bits per heavy atom. The second-order valence-electron chi connectivity index (χ2n) is 4.50. The molecule has 0 unspecified atom stereocenters. The van der Waals surface area contributed by atoms with Gasteiger partial charge in [0, 0.05) is 31.4 Å². The lowest BCUT2D eigenvalue weighted by Gasteiger charge is -2.18. The minimum Gasteiger partial charge on any atom is -0.376 e. The van der Waals surface area contributed by atoms with Crippen molar-refractivity contribution in [1.82, 2.24) is 9.88 Å². The summed E-state index contributed by atoms with van der Waals surface area (Å²) in [5.74, 6) is 0. The molecule has 2 aromatic rings. The number of halogens is 1. The van der Waals surface area contributed by atoms with Gasteiger partial charge >= 0.3 is 0 Å². The first kappa shape index (κ1) is 11.3. The van der Waals surface area contributed by atoms with Gasteiger partial charge in [0.05, 0.1) is 0 Å². The van der Waals surface area contributed by atoms with E-state index in [1.54, 1.807) is 6.20 Å². The Morgan fingerprint density at radius 1 is 1.22 bits per heavy atom. The van der Waals surface area contributed by atoms with Gasteiger partial charge in [0.2, 0.25) is 0 Å². The average molecular weight is 257 g/mol. The number of hydrogen-bond acceptors (Lipinski definition) is 2. The van der Waals surface area contributed by atoms with Crippen LogP contribution in [0.3, 0.4) is 0 Å². The molecule has 1 aromatic carbocycles. The van der Waals surface area contributed by atoms with Crippen molar-refractivity contribution in [3.05, 3.63) is 59.5 Å². The molecular formula is C15H13ClN2. The molecule has 18 heavy (non-hydrogen) atoms. The molecule has 0 N–H and O–H groups in total. The van der Waals surface area contributed by atoms with E-state index < -0.39 is 0 Å². The second kappa shape index (κ2) is 4.46. The van der Waals surface area contributed by atoms with E-state index in [0.717, 1.165) is 17.3 Å². The number of nitrogens with zero attached hydrogens (tertiary/aromatic N) is 2. The van der Waals surface area contributed by atoms with Gasteiger partial charge in [-0.2, -0.15) is 0 Å². The number of allylic oxidation sites excluding steroid dienone is 2. The fourth-order valence-electron chi connectivity index (χ4n) is 2.14. The molecule has 1 aliphatic rings. The quantitative estimate of drug-likeness (QED) is 0.723. The SMILES string of the molecule is CN1C=C(c2ccc3cnc(Cl)cc3c2)C=CC1. The normalized spacial score (nSPS) is 15.0. The predicted molar refractivity (Wildman–Crippen MR) is 76.5 cm³/mol. The standard InChI is InChI=1S/C15H13ClN2/c1-18-6-2-3-13(10-18)11-4-5-12-9-17-15(16)8-14(12)7-11/h2-5,7-10H,6H2,1H3. The van der Waals surface area contributed by atoms with E-state index in [9.17, 15) is 0 Å². The van der Waals surface area contributed by atoms with Crippen LogP contribution in [0.15, 0.2) is 48.8 Å². The van der Waals surface area contributed by atoms with Crippen molar-refractivity contribution < 1.29 is 0 Å². The minimum atomic E-state index is 0.532. The Bertz CT molecular complexity index is 659. The van der Waals surface area contributed by atoms with Gasteiger partial charge in [-0.3, -0.25) is 0 Å². The molecule has 0 atom stereocenters. The molecule has 2 heterocycles. The van der Waals surface area contributed by atoms with Crippen molar-refractivity contribution in [1.29, 1.82) is 0 Å². The first-order valence-electron chi connectivity index (χ1n) is 5.87. The van der Waals surface area contributed by atoms with E-state index >= 15 is 0 Å². The number of pyridine rings is 1. The van der Waals surface area contributed by atoms with Crippen LogP contribution < -0.4 is 0 Å². The molecule has 0 radical (unpaired) electrons. The van der Waals surface area contributed by atoms with Crippen LogP contribution in [0.25, 0.3) is 16.3 Å². The van der Waals surface area contributed by atoms with Crippen LogP contribution in [0.1, 0.15) is 5.56 Å². The van der Waals surface area contributed by atoms with E-state index in [2.05, 4.69) is 53.5 Å². The zero-order valence-electron chi connectivity index (χ0n) is 10.1. The molecule has 0 spiro atoms. The first-order valence-corrected chi connectivity index (χ1v) is 6.24. The van der Waals surface area contributed by atoms with Crippen LogP contribution in [-0.2, 0) is 0 Å². The number of benzene rings is 1. The summed E-state index contributed by atoms with van der Waals surface area (Å²) in [4.78, 5) is 6.26. The van der Waals surface area contributed by atoms with Crippen LogP contribution in [0.2, 0.25) is 5.15 Å². The number of hydrogen-bond donors (Lipinski definition) is 0. The summed E-state index contributed by atoms with van der Waals surface area (Å²) in [7, 11) is 2.07. The molecule has 0 saturated heterocycles. The van der Waals surface area contributed by atoms with Crippen molar-refractivity contribution >= 4 is 27.9 Å². The van der Waals surface area contributed by atoms with Crippen LogP contribution in [0.5, 0.6) is 0 Å². The maximum atomic E-state index is 5.93. The Morgan fingerprint density at radius 2 is 2.11 bits per heavy atom. The molecule has 1 aliphatic heterocycles. The third kappa shape index (κ3) is 2.12. The predicted octanol–water partition coefficient (Wildman–Crippen LogP) is 3.73. The molecule has 1 aromatic heterocycles. The molecule has 3 heteroatoms. The highest BCUT2D eigenvalue weighted by molar-refractivity contribution is 6.30. The van der Waals surface area contributed by atoms with Crippen LogP contribution in [0, 0.1) is 0 Å². The van der Waals surface area contributed by atoms with Gasteiger partial charge in [-0.15, -0.1) is 0 Å². The van der Waals surface area contributed by atoms with E-state index in [1.807, 2.05) is 6.07 Å². The van der Waals surface area contributed by atoms with E-state index in [0.29, 0.717) is 5.15 Å². The Balaban J connectivity index is 2.10. The fraction of sp³-hybridized carbons (Fsp3) is 0.133. The number of aromatic nitrogens is 1. The van der Waals surface area contributed by atoms with Crippen molar-refractivity contribution in [2.75, 3.05) is 13.6 Å². The smallest absolute Gasteiger partial charge is 0.129 e. The van der Waals surface area contributed by atoms with E-state index in [-0.39, 0.29) is 0 Å². The largest absolute Gasteiger partial charge is 0.376 e. The van der Waals surface area contributed by atoms with Gasteiger partial charge in [-0.25, -0.2) is 4.98 Å².